The zero-order valence-corrected chi connectivity index (χ0v) is 13.2. The molecule has 1 aromatic heterocycles. The fourth-order valence-corrected chi connectivity index (χ4v) is 2.16. The molecular weight excluding hydrogens is 301 g/mol. The number of amides is 1. The monoisotopic (exact) mass is 320 g/mol. The molecule has 1 heterocycles. The van der Waals surface area contributed by atoms with Crippen molar-refractivity contribution in [3.8, 4) is 0 Å². The Kier molecular flexibility index (Phi) is 5.67. The molecule has 0 radical (unpaired) electrons. The van der Waals surface area contributed by atoms with Gasteiger partial charge in [-0.15, -0.1) is 0 Å². The van der Waals surface area contributed by atoms with Crippen LogP contribution in [-0.2, 0) is 11.0 Å². The summed E-state index contributed by atoms with van der Waals surface area (Å²) in [5.41, 5.74) is -1.10. The number of thioether (sulfide) groups is 1. The lowest BCUT2D eigenvalue weighted by Crippen LogP contribution is -2.46. The normalized spacial score (nSPS) is 13.9. The molecule has 0 fully saturated rings. The summed E-state index contributed by atoms with van der Waals surface area (Å²) in [5, 5.41) is 2.85. The van der Waals surface area contributed by atoms with E-state index in [2.05, 4.69) is 10.3 Å². The van der Waals surface area contributed by atoms with E-state index in [0.717, 1.165) is 30.4 Å². The van der Waals surface area contributed by atoms with Gasteiger partial charge in [0.2, 0.25) is 5.91 Å². The quantitative estimate of drug-likeness (QED) is 0.837. The van der Waals surface area contributed by atoms with Crippen LogP contribution in [0.3, 0.4) is 0 Å². The van der Waals surface area contributed by atoms with E-state index in [-0.39, 0.29) is 11.4 Å². The second kappa shape index (κ2) is 6.68. The SMILES string of the molecule is CCC(C)(C)NC(=O)C(C)Sc1ccc(C(F)(F)F)cn1. The predicted octanol–water partition coefficient (Wildman–Crippen LogP) is 3.89. The summed E-state index contributed by atoms with van der Waals surface area (Å²) in [6.07, 6.45) is -2.83. The second-order valence-corrected chi connectivity index (χ2v) is 6.73. The number of carbonyl (C=O) groups is 1. The van der Waals surface area contributed by atoms with E-state index in [9.17, 15) is 18.0 Å². The molecule has 3 nitrogen and oxygen atoms in total. The summed E-state index contributed by atoms with van der Waals surface area (Å²) in [6, 6.07) is 2.25. The smallest absolute Gasteiger partial charge is 0.350 e. The third-order valence-electron chi connectivity index (χ3n) is 3.08. The molecule has 0 aliphatic rings. The first-order valence-electron chi connectivity index (χ1n) is 6.57. The molecule has 118 valence electrons. The molecule has 0 saturated carbocycles. The first-order chi connectivity index (χ1) is 9.55. The molecule has 1 atom stereocenters. The van der Waals surface area contributed by atoms with E-state index in [0.29, 0.717) is 5.03 Å². The third-order valence-corrected chi connectivity index (χ3v) is 4.13. The highest BCUT2D eigenvalue weighted by molar-refractivity contribution is 8.00. The van der Waals surface area contributed by atoms with E-state index in [4.69, 9.17) is 0 Å². The zero-order chi connectivity index (χ0) is 16.3. The Morgan fingerprint density at radius 1 is 1.38 bits per heavy atom. The molecule has 1 aromatic rings. The van der Waals surface area contributed by atoms with Crippen molar-refractivity contribution in [3.63, 3.8) is 0 Å². The molecular formula is C14H19F3N2OS. The summed E-state index contributed by atoms with van der Waals surface area (Å²) in [7, 11) is 0. The summed E-state index contributed by atoms with van der Waals surface area (Å²) in [4.78, 5) is 15.8. The van der Waals surface area contributed by atoms with E-state index in [1.54, 1.807) is 6.92 Å². The lowest BCUT2D eigenvalue weighted by Gasteiger charge is -2.26. The van der Waals surface area contributed by atoms with Crippen molar-refractivity contribution in [2.75, 3.05) is 0 Å². The van der Waals surface area contributed by atoms with Crippen molar-refractivity contribution in [2.45, 2.75) is 56.1 Å². The predicted molar refractivity (Wildman–Crippen MR) is 77.1 cm³/mol. The van der Waals surface area contributed by atoms with Gasteiger partial charge in [-0.25, -0.2) is 4.98 Å². The molecule has 1 amide bonds. The number of rotatable bonds is 5. The number of pyridine rings is 1. The summed E-state index contributed by atoms with van der Waals surface area (Å²) < 4.78 is 37.3. The number of hydrogen-bond donors (Lipinski definition) is 1. The van der Waals surface area contributed by atoms with Gasteiger partial charge in [-0.3, -0.25) is 4.79 Å². The number of alkyl halides is 3. The molecule has 7 heteroatoms. The van der Waals surface area contributed by atoms with Crippen LogP contribution in [0.1, 0.15) is 39.7 Å². The van der Waals surface area contributed by atoms with Gasteiger partial charge in [0.15, 0.2) is 0 Å². The molecule has 1 unspecified atom stereocenters. The van der Waals surface area contributed by atoms with E-state index < -0.39 is 17.0 Å². The van der Waals surface area contributed by atoms with Crippen molar-refractivity contribution in [3.05, 3.63) is 23.9 Å². The largest absolute Gasteiger partial charge is 0.417 e. The molecule has 1 rings (SSSR count). The lowest BCUT2D eigenvalue weighted by atomic mass is 10.0. The first-order valence-corrected chi connectivity index (χ1v) is 7.45. The standard InChI is InChI=1S/C14H19F3N2OS/c1-5-13(3,4)19-12(20)9(2)21-11-7-6-10(8-18-11)14(15,16)17/h6-9H,5H2,1-4H3,(H,19,20). The Labute approximate surface area is 126 Å². The minimum atomic E-state index is -4.40. The van der Waals surface area contributed by atoms with Gasteiger partial charge in [0.1, 0.15) is 0 Å². The van der Waals surface area contributed by atoms with Crippen LogP contribution >= 0.6 is 11.8 Å². The fraction of sp³-hybridized carbons (Fsp3) is 0.571. The number of hydrogen-bond acceptors (Lipinski definition) is 3. The van der Waals surface area contributed by atoms with Gasteiger partial charge in [0.25, 0.3) is 0 Å². The molecule has 21 heavy (non-hydrogen) atoms. The molecule has 0 aliphatic heterocycles. The average Bonchev–Trinajstić information content (AvgIpc) is 2.37. The van der Waals surface area contributed by atoms with E-state index >= 15 is 0 Å². The van der Waals surface area contributed by atoms with Crippen molar-refractivity contribution in [1.29, 1.82) is 0 Å². The van der Waals surface area contributed by atoms with Crippen LogP contribution in [0.2, 0.25) is 0 Å². The molecule has 0 bridgehead atoms. The summed E-state index contributed by atoms with van der Waals surface area (Å²) in [6.45, 7) is 7.50. The molecule has 0 aromatic carbocycles. The number of aromatic nitrogens is 1. The molecule has 0 spiro atoms. The Balaban J connectivity index is 2.67. The Hall–Kier alpha value is -1.24. The highest BCUT2D eigenvalue weighted by atomic mass is 32.2. The minimum absolute atomic E-state index is 0.159. The fourth-order valence-electron chi connectivity index (χ4n) is 1.38. The number of nitrogens with zero attached hydrogens (tertiary/aromatic N) is 1. The maximum absolute atomic E-state index is 12.4. The van der Waals surface area contributed by atoms with Gasteiger partial charge < -0.3 is 5.32 Å². The summed E-state index contributed by atoms with van der Waals surface area (Å²) in [5.74, 6) is -0.159. The lowest BCUT2D eigenvalue weighted by molar-refractivity contribution is -0.137. The van der Waals surface area contributed by atoms with E-state index in [1.165, 1.54) is 6.07 Å². The number of halogens is 3. The van der Waals surface area contributed by atoms with Crippen molar-refractivity contribution >= 4 is 17.7 Å². The molecule has 0 saturated heterocycles. The maximum atomic E-state index is 12.4. The average molecular weight is 320 g/mol. The third kappa shape index (κ3) is 5.57. The van der Waals surface area contributed by atoms with Crippen LogP contribution in [0.5, 0.6) is 0 Å². The van der Waals surface area contributed by atoms with Crippen molar-refractivity contribution < 1.29 is 18.0 Å². The Morgan fingerprint density at radius 2 is 2.00 bits per heavy atom. The maximum Gasteiger partial charge on any atom is 0.417 e. The van der Waals surface area contributed by atoms with Crippen LogP contribution in [-0.4, -0.2) is 21.7 Å². The van der Waals surface area contributed by atoms with Gasteiger partial charge >= 0.3 is 6.18 Å². The van der Waals surface area contributed by atoms with Gasteiger partial charge in [-0.2, -0.15) is 13.2 Å². The second-order valence-electron chi connectivity index (χ2n) is 5.37. The topological polar surface area (TPSA) is 42.0 Å². The zero-order valence-electron chi connectivity index (χ0n) is 12.4. The highest BCUT2D eigenvalue weighted by Crippen LogP contribution is 2.30. The van der Waals surface area contributed by atoms with Crippen molar-refractivity contribution in [1.82, 2.24) is 10.3 Å². The van der Waals surface area contributed by atoms with Gasteiger partial charge in [-0.1, -0.05) is 18.7 Å². The number of nitrogens with one attached hydrogen (secondary N) is 1. The van der Waals surface area contributed by atoms with Gasteiger partial charge in [0.05, 0.1) is 15.8 Å². The Morgan fingerprint density at radius 3 is 2.43 bits per heavy atom. The van der Waals surface area contributed by atoms with Crippen LogP contribution in [0.25, 0.3) is 0 Å². The number of carbonyl (C=O) groups excluding carboxylic acids is 1. The minimum Gasteiger partial charge on any atom is -0.350 e. The van der Waals surface area contributed by atoms with Crippen LogP contribution in [0.4, 0.5) is 13.2 Å². The molecule has 0 aliphatic carbocycles. The first kappa shape index (κ1) is 17.8. The highest BCUT2D eigenvalue weighted by Gasteiger charge is 2.31. The van der Waals surface area contributed by atoms with Crippen LogP contribution < -0.4 is 5.32 Å². The molecule has 1 N–H and O–H groups in total. The van der Waals surface area contributed by atoms with Crippen molar-refractivity contribution in [2.24, 2.45) is 0 Å². The van der Waals surface area contributed by atoms with Gasteiger partial charge in [0, 0.05) is 11.7 Å². The van der Waals surface area contributed by atoms with E-state index in [1.807, 2.05) is 20.8 Å². The van der Waals surface area contributed by atoms with Crippen LogP contribution in [0.15, 0.2) is 23.4 Å². The van der Waals surface area contributed by atoms with Gasteiger partial charge in [-0.05, 0) is 39.3 Å². The Bertz CT molecular complexity index is 486. The summed E-state index contributed by atoms with van der Waals surface area (Å²) >= 11 is 1.13. The van der Waals surface area contributed by atoms with Crippen LogP contribution in [0, 0.1) is 0 Å².